The summed E-state index contributed by atoms with van der Waals surface area (Å²) in [6.45, 7) is 4.72. The molecule has 1 atom stereocenters. The van der Waals surface area contributed by atoms with Crippen molar-refractivity contribution in [2.75, 3.05) is 6.54 Å². The Hall–Kier alpha value is -1.76. The monoisotopic (exact) mass is 305 g/mol. The van der Waals surface area contributed by atoms with Crippen LogP contribution in [0.1, 0.15) is 31.1 Å². The molecule has 0 bridgehead atoms. The quantitative estimate of drug-likeness (QED) is 0.898. The molecule has 7 heteroatoms. The fourth-order valence-corrected chi connectivity index (χ4v) is 1.44. The average Bonchev–Trinajstić information content (AvgIpc) is 2.33. The lowest BCUT2D eigenvalue weighted by Crippen LogP contribution is -2.40. The van der Waals surface area contributed by atoms with Crippen LogP contribution in [0, 0.1) is 0 Å². The van der Waals surface area contributed by atoms with Gasteiger partial charge in [0.25, 0.3) is 5.91 Å². The van der Waals surface area contributed by atoms with E-state index in [-0.39, 0.29) is 11.2 Å². The summed E-state index contributed by atoms with van der Waals surface area (Å²) >= 11 is 0. The Morgan fingerprint density at radius 3 is 2.19 bits per heavy atom. The highest BCUT2D eigenvalue weighted by Crippen LogP contribution is 2.20. The number of carbonyl (C=O) groups is 1. The Bertz CT molecular complexity index is 478. The zero-order valence-electron chi connectivity index (χ0n) is 12.0. The van der Waals surface area contributed by atoms with Gasteiger partial charge in [-0.1, -0.05) is 0 Å². The maximum absolute atomic E-state index is 12.1. The molecule has 0 aliphatic carbocycles. The van der Waals surface area contributed by atoms with E-state index in [0.29, 0.717) is 5.75 Å². The number of aliphatic hydroxyl groups excluding tert-OH is 1. The van der Waals surface area contributed by atoms with Gasteiger partial charge in [-0.15, -0.1) is 0 Å². The van der Waals surface area contributed by atoms with Gasteiger partial charge in [0.15, 0.2) is 6.10 Å². The molecule has 0 aliphatic heterocycles. The summed E-state index contributed by atoms with van der Waals surface area (Å²) in [6.07, 6.45) is -7.33. The number of nitrogens with one attached hydrogen (secondary N) is 1. The van der Waals surface area contributed by atoms with Crippen molar-refractivity contribution in [2.24, 2.45) is 0 Å². The highest BCUT2D eigenvalue weighted by Gasteiger charge is 2.38. The van der Waals surface area contributed by atoms with Gasteiger partial charge < -0.3 is 15.2 Å². The smallest absolute Gasteiger partial charge is 0.416 e. The van der Waals surface area contributed by atoms with Crippen LogP contribution in [0.25, 0.3) is 0 Å². The van der Waals surface area contributed by atoms with Gasteiger partial charge in [-0.05, 0) is 45.0 Å². The van der Waals surface area contributed by atoms with Gasteiger partial charge in [-0.2, -0.15) is 13.2 Å². The van der Waals surface area contributed by atoms with Crippen LogP contribution in [-0.2, 0) is 0 Å². The summed E-state index contributed by atoms with van der Waals surface area (Å²) < 4.78 is 41.8. The van der Waals surface area contributed by atoms with Crippen LogP contribution in [-0.4, -0.2) is 35.4 Å². The molecule has 4 nitrogen and oxygen atoms in total. The molecule has 0 heterocycles. The van der Waals surface area contributed by atoms with E-state index in [4.69, 9.17) is 9.84 Å². The number of hydrogen-bond donors (Lipinski definition) is 2. The van der Waals surface area contributed by atoms with Crippen LogP contribution in [0.5, 0.6) is 5.75 Å². The van der Waals surface area contributed by atoms with E-state index < -0.39 is 24.7 Å². The van der Waals surface area contributed by atoms with Crippen LogP contribution in [0.2, 0.25) is 0 Å². The molecular weight excluding hydrogens is 287 g/mol. The number of carbonyl (C=O) groups excluding carboxylic acids is 1. The Morgan fingerprint density at radius 1 is 1.24 bits per heavy atom. The number of hydrogen-bond acceptors (Lipinski definition) is 3. The van der Waals surface area contributed by atoms with E-state index in [1.807, 2.05) is 26.1 Å². The number of alkyl halides is 3. The van der Waals surface area contributed by atoms with Crippen molar-refractivity contribution in [3.8, 4) is 5.75 Å². The van der Waals surface area contributed by atoms with Gasteiger partial charge >= 0.3 is 6.18 Å². The molecule has 0 saturated carbocycles. The summed E-state index contributed by atoms with van der Waals surface area (Å²) in [5, 5.41) is 10.8. The van der Waals surface area contributed by atoms with E-state index in [2.05, 4.69) is 0 Å². The van der Waals surface area contributed by atoms with Crippen molar-refractivity contribution in [3.05, 3.63) is 29.8 Å². The standard InChI is InChI=1S/C14H18F3NO3/c1-13(2,3)21-10-6-4-9(5-7-10)12(20)18-8-11(19)14(15,16)17/h4-7,11,19H,8H2,1-3H3,(H,18,20)/t11-/m1/s1. The largest absolute Gasteiger partial charge is 0.488 e. The minimum atomic E-state index is -4.75. The van der Waals surface area contributed by atoms with Gasteiger partial charge in [0.2, 0.25) is 0 Å². The molecule has 21 heavy (non-hydrogen) atoms. The summed E-state index contributed by atoms with van der Waals surface area (Å²) in [6, 6.07) is 5.99. The first kappa shape index (κ1) is 17.3. The second-order valence-electron chi connectivity index (χ2n) is 5.51. The van der Waals surface area contributed by atoms with E-state index in [9.17, 15) is 18.0 Å². The fraction of sp³-hybridized carbons (Fsp3) is 0.500. The normalized spacial score (nSPS) is 13.7. The van der Waals surface area contributed by atoms with Crippen LogP contribution in [0.3, 0.4) is 0 Å². The minimum Gasteiger partial charge on any atom is -0.488 e. The molecule has 0 saturated heterocycles. The zero-order valence-corrected chi connectivity index (χ0v) is 12.0. The van der Waals surface area contributed by atoms with Crippen molar-refractivity contribution in [2.45, 2.75) is 38.7 Å². The summed E-state index contributed by atoms with van der Waals surface area (Å²) in [5.41, 5.74) is -0.203. The van der Waals surface area contributed by atoms with Crippen LogP contribution >= 0.6 is 0 Å². The van der Waals surface area contributed by atoms with Crippen LogP contribution in [0.4, 0.5) is 13.2 Å². The highest BCUT2D eigenvalue weighted by atomic mass is 19.4. The van der Waals surface area contributed by atoms with Crippen molar-refractivity contribution >= 4 is 5.91 Å². The third-order valence-corrected chi connectivity index (χ3v) is 2.37. The topological polar surface area (TPSA) is 58.6 Å². The first-order valence-corrected chi connectivity index (χ1v) is 6.31. The molecule has 118 valence electrons. The molecule has 0 unspecified atom stereocenters. The maximum atomic E-state index is 12.1. The third-order valence-electron chi connectivity index (χ3n) is 2.37. The van der Waals surface area contributed by atoms with Crippen molar-refractivity contribution in [1.29, 1.82) is 0 Å². The SMILES string of the molecule is CC(C)(C)Oc1ccc(C(=O)NC[C@@H](O)C(F)(F)F)cc1. The van der Waals surface area contributed by atoms with Crippen molar-refractivity contribution < 1.29 is 27.8 Å². The lowest BCUT2D eigenvalue weighted by molar-refractivity contribution is -0.201. The molecule has 1 amide bonds. The number of rotatable bonds is 4. The number of aliphatic hydroxyl groups is 1. The molecule has 1 aromatic rings. The molecular formula is C14H18F3NO3. The van der Waals surface area contributed by atoms with Crippen LogP contribution < -0.4 is 10.1 Å². The second kappa shape index (κ2) is 6.34. The predicted octanol–water partition coefficient (Wildman–Crippen LogP) is 2.52. The summed E-state index contributed by atoms with van der Waals surface area (Å²) in [4.78, 5) is 11.6. The predicted molar refractivity (Wildman–Crippen MR) is 71.2 cm³/mol. The Kier molecular flexibility index (Phi) is 5.22. The Morgan fingerprint density at radius 2 is 1.76 bits per heavy atom. The van der Waals surface area contributed by atoms with E-state index in [0.717, 1.165) is 0 Å². The number of amides is 1. The Balaban J connectivity index is 2.60. The first-order chi connectivity index (χ1) is 9.49. The maximum Gasteiger partial charge on any atom is 0.416 e. The Labute approximate surface area is 120 Å². The summed E-state index contributed by atoms with van der Waals surface area (Å²) in [5.74, 6) is -0.144. The molecule has 0 spiro atoms. The fourth-order valence-electron chi connectivity index (χ4n) is 1.44. The van der Waals surface area contributed by atoms with E-state index in [1.54, 1.807) is 12.1 Å². The highest BCUT2D eigenvalue weighted by molar-refractivity contribution is 5.94. The van der Waals surface area contributed by atoms with E-state index >= 15 is 0 Å². The second-order valence-corrected chi connectivity index (χ2v) is 5.51. The van der Waals surface area contributed by atoms with Gasteiger partial charge in [0.05, 0.1) is 6.54 Å². The third kappa shape index (κ3) is 6.03. The minimum absolute atomic E-state index is 0.186. The lowest BCUT2D eigenvalue weighted by atomic mass is 10.1. The number of benzene rings is 1. The molecule has 2 N–H and O–H groups in total. The summed E-state index contributed by atoms with van der Waals surface area (Å²) in [7, 11) is 0. The first-order valence-electron chi connectivity index (χ1n) is 6.31. The molecule has 0 aromatic heterocycles. The van der Waals surface area contributed by atoms with Gasteiger partial charge in [-0.25, -0.2) is 0 Å². The van der Waals surface area contributed by atoms with Crippen molar-refractivity contribution in [1.82, 2.24) is 5.32 Å². The van der Waals surface area contributed by atoms with Gasteiger partial charge in [0, 0.05) is 5.56 Å². The molecule has 0 fully saturated rings. The molecule has 1 rings (SSSR count). The lowest BCUT2D eigenvalue weighted by Gasteiger charge is -2.21. The van der Waals surface area contributed by atoms with E-state index in [1.165, 1.54) is 12.1 Å². The number of halogens is 3. The average molecular weight is 305 g/mol. The van der Waals surface area contributed by atoms with Gasteiger partial charge in [0.1, 0.15) is 11.4 Å². The molecule has 0 aliphatic rings. The van der Waals surface area contributed by atoms with Gasteiger partial charge in [-0.3, -0.25) is 4.79 Å². The number of ether oxygens (including phenoxy) is 1. The van der Waals surface area contributed by atoms with Crippen molar-refractivity contribution in [3.63, 3.8) is 0 Å². The van der Waals surface area contributed by atoms with Crippen LogP contribution in [0.15, 0.2) is 24.3 Å². The molecule has 1 aromatic carbocycles. The zero-order chi connectivity index (χ0) is 16.3. The molecule has 0 radical (unpaired) electrons.